The van der Waals surface area contributed by atoms with Crippen LogP contribution >= 0.6 is 0 Å². The van der Waals surface area contributed by atoms with E-state index >= 15 is 0 Å². The second-order valence-corrected chi connectivity index (χ2v) is 15.3. The molecule has 0 aromatic heterocycles. The van der Waals surface area contributed by atoms with E-state index in [0.29, 0.717) is 10.6 Å². The third-order valence-corrected chi connectivity index (χ3v) is 11.8. The number of anilines is 1. The van der Waals surface area contributed by atoms with Crippen molar-refractivity contribution in [3.05, 3.63) is 54.1 Å². The zero-order valence-corrected chi connectivity index (χ0v) is 18.1. The molecule has 0 saturated carbocycles. The topological polar surface area (TPSA) is 46.2 Å². The summed E-state index contributed by atoms with van der Waals surface area (Å²) in [6.45, 7) is 4.15. The summed E-state index contributed by atoms with van der Waals surface area (Å²) in [7, 11) is -3.48. The first-order chi connectivity index (χ1) is 9.53. The minimum atomic E-state index is -3.48. The van der Waals surface area contributed by atoms with E-state index in [4.69, 9.17) is 0 Å². The molecule has 0 saturated heterocycles. The third kappa shape index (κ3) is 3.82. The molecule has 0 aliphatic carbocycles. The van der Waals surface area contributed by atoms with Gasteiger partial charge in [-0.15, -0.1) is 0 Å². The summed E-state index contributed by atoms with van der Waals surface area (Å²) < 4.78 is 30.0. The van der Waals surface area contributed by atoms with Crippen LogP contribution in [0.15, 0.2) is 53.4 Å². The molecule has 0 heterocycles. The second kappa shape index (κ2) is 6.72. The normalized spacial score (nSPS) is 10.9. The van der Waals surface area contributed by atoms with Gasteiger partial charge >= 0.3 is 133 Å². The molecule has 0 radical (unpaired) electrons. The summed E-state index contributed by atoms with van der Waals surface area (Å²) in [5, 5.41) is 0. The van der Waals surface area contributed by atoms with Gasteiger partial charge in [0.2, 0.25) is 0 Å². The van der Waals surface area contributed by atoms with Crippen LogP contribution in [0.5, 0.6) is 0 Å². The SMILES string of the molecule is C[CH2][Hg][c]1cc(C)ccc1S(=O)(=O)Nc1ccccc1. The fourth-order valence-electron chi connectivity index (χ4n) is 2.15. The predicted octanol–water partition coefficient (Wildman–Crippen LogP) is 2.94. The predicted molar refractivity (Wildman–Crippen MR) is 78.5 cm³/mol. The molecule has 20 heavy (non-hydrogen) atoms. The van der Waals surface area contributed by atoms with Crippen LogP contribution in [0.2, 0.25) is 3.93 Å². The van der Waals surface area contributed by atoms with Crippen molar-refractivity contribution in [2.75, 3.05) is 4.72 Å². The summed E-state index contributed by atoms with van der Waals surface area (Å²) in [6, 6.07) is 14.7. The fraction of sp³-hybridized carbons (Fsp3) is 0.200. The van der Waals surface area contributed by atoms with Crippen molar-refractivity contribution in [2.24, 2.45) is 0 Å². The van der Waals surface area contributed by atoms with Crippen LogP contribution in [-0.4, -0.2) is 8.42 Å². The van der Waals surface area contributed by atoms with E-state index in [0.717, 1.165) is 12.6 Å². The molecule has 0 fully saturated rings. The van der Waals surface area contributed by atoms with Crippen LogP contribution in [0.3, 0.4) is 0 Å². The van der Waals surface area contributed by atoms with E-state index in [9.17, 15) is 8.42 Å². The molecule has 2 rings (SSSR count). The molecule has 0 unspecified atom stereocenters. The van der Waals surface area contributed by atoms with E-state index in [-0.39, 0.29) is 0 Å². The Hall–Kier alpha value is -0.875. The van der Waals surface area contributed by atoms with Gasteiger partial charge in [-0.2, -0.15) is 0 Å². The van der Waals surface area contributed by atoms with E-state index in [1.54, 1.807) is 18.2 Å². The number of nitrogens with one attached hydrogen (secondary N) is 1. The van der Waals surface area contributed by atoms with E-state index in [2.05, 4.69) is 11.6 Å². The standard InChI is InChI=1S/C13H12NO2S.C2H5.Hg/c1-11-7-9-13(10-8-11)17(15,16)14-12-5-3-2-4-6-12;1-2;/h2-9,14H,1H3;1H2,2H3;. The molecule has 0 amide bonds. The maximum atomic E-state index is 12.5. The second-order valence-electron chi connectivity index (χ2n) is 4.83. The Morgan fingerprint density at radius 1 is 1.10 bits per heavy atom. The fourth-order valence-corrected chi connectivity index (χ4v) is 11.8. The van der Waals surface area contributed by atoms with Crippen LogP contribution in [0.4, 0.5) is 5.69 Å². The molecule has 2 aromatic carbocycles. The minimum absolute atomic E-state index is 0.468. The number of benzene rings is 2. The molecule has 1 N–H and O–H groups in total. The van der Waals surface area contributed by atoms with Crippen molar-refractivity contribution >= 4 is 18.8 Å². The first-order valence-corrected chi connectivity index (χ1v) is 14.8. The first-order valence-electron chi connectivity index (χ1n) is 6.70. The quantitative estimate of drug-likeness (QED) is 0.676. The average Bonchev–Trinajstić information content (AvgIpc) is 2.39. The van der Waals surface area contributed by atoms with E-state index < -0.39 is 34.6 Å². The van der Waals surface area contributed by atoms with Crippen LogP contribution in [0.1, 0.15) is 12.5 Å². The van der Waals surface area contributed by atoms with Gasteiger partial charge in [0.25, 0.3) is 0 Å². The van der Waals surface area contributed by atoms with Crippen molar-refractivity contribution in [2.45, 2.75) is 22.7 Å². The molecule has 0 aliphatic heterocycles. The van der Waals surface area contributed by atoms with Crippen molar-refractivity contribution in [3.63, 3.8) is 0 Å². The van der Waals surface area contributed by atoms with Gasteiger partial charge in [-0.25, -0.2) is 0 Å². The molecular weight excluding hydrogens is 459 g/mol. The molecule has 0 aliphatic rings. The Morgan fingerprint density at radius 2 is 1.80 bits per heavy atom. The van der Waals surface area contributed by atoms with Gasteiger partial charge in [0.1, 0.15) is 0 Å². The number of hydrogen-bond acceptors (Lipinski definition) is 2. The summed E-state index contributed by atoms with van der Waals surface area (Å²) in [4.78, 5) is 0.468. The Morgan fingerprint density at radius 3 is 2.45 bits per heavy atom. The third-order valence-electron chi connectivity index (χ3n) is 3.05. The molecule has 0 atom stereocenters. The number of hydrogen-bond donors (Lipinski definition) is 1. The van der Waals surface area contributed by atoms with Crippen LogP contribution in [0.25, 0.3) is 0 Å². The Labute approximate surface area is 132 Å². The van der Waals surface area contributed by atoms with Crippen LogP contribution in [-0.2, 0) is 34.6 Å². The van der Waals surface area contributed by atoms with Gasteiger partial charge in [0.15, 0.2) is 0 Å². The molecule has 102 valence electrons. The van der Waals surface area contributed by atoms with Crippen molar-refractivity contribution in [1.29, 1.82) is 0 Å². The Bertz CT molecular complexity index is 684. The zero-order chi connectivity index (χ0) is 14.6. The first kappa shape index (κ1) is 15.5. The van der Waals surface area contributed by atoms with Crippen molar-refractivity contribution in [1.82, 2.24) is 0 Å². The number of para-hydroxylation sites is 1. The van der Waals surface area contributed by atoms with Crippen molar-refractivity contribution in [3.8, 4) is 0 Å². The van der Waals surface area contributed by atoms with Gasteiger partial charge in [0, 0.05) is 0 Å². The van der Waals surface area contributed by atoms with Crippen LogP contribution < -0.4 is 7.79 Å². The molecule has 3 nitrogen and oxygen atoms in total. The molecule has 2 aromatic rings. The van der Waals surface area contributed by atoms with E-state index in [1.807, 2.05) is 37.3 Å². The Balaban J connectivity index is 2.39. The Kier molecular flexibility index (Phi) is 5.21. The molecule has 5 heteroatoms. The molecular formula is C15H17HgNO2S. The van der Waals surface area contributed by atoms with Gasteiger partial charge in [-0.1, -0.05) is 0 Å². The molecule has 0 spiro atoms. The van der Waals surface area contributed by atoms with Gasteiger partial charge < -0.3 is 0 Å². The molecule has 0 bridgehead atoms. The summed E-state index contributed by atoms with van der Waals surface area (Å²) in [5.74, 6) is 0. The monoisotopic (exact) mass is 477 g/mol. The average molecular weight is 476 g/mol. The summed E-state index contributed by atoms with van der Waals surface area (Å²) in [6.07, 6.45) is 0. The maximum absolute atomic E-state index is 12.5. The summed E-state index contributed by atoms with van der Waals surface area (Å²) >= 11 is -1.32. The van der Waals surface area contributed by atoms with Crippen molar-refractivity contribution < 1.29 is 33.0 Å². The van der Waals surface area contributed by atoms with E-state index in [1.165, 1.54) is 0 Å². The number of rotatable bonds is 5. The van der Waals surface area contributed by atoms with Crippen LogP contribution in [0, 0.1) is 6.92 Å². The summed E-state index contributed by atoms with van der Waals surface area (Å²) in [5.41, 5.74) is 1.74. The number of sulfonamides is 1. The number of aryl methyl sites for hydroxylation is 1. The zero-order valence-electron chi connectivity index (χ0n) is 11.8. The van der Waals surface area contributed by atoms with Gasteiger partial charge in [0.05, 0.1) is 0 Å². The van der Waals surface area contributed by atoms with Gasteiger partial charge in [-0.05, 0) is 0 Å². The van der Waals surface area contributed by atoms with Gasteiger partial charge in [-0.3, -0.25) is 0 Å².